The Morgan fingerprint density at radius 1 is 1.17 bits per heavy atom. The average Bonchev–Trinajstić information content (AvgIpc) is 2.50. The Morgan fingerprint density at radius 3 is 2.46 bits per heavy atom. The minimum Gasteiger partial charge on any atom is -0.494 e. The van der Waals surface area contributed by atoms with Crippen LogP contribution in [-0.4, -0.2) is 27.7 Å². The Morgan fingerprint density at radius 2 is 1.88 bits per heavy atom. The van der Waals surface area contributed by atoms with Crippen molar-refractivity contribution in [2.75, 3.05) is 23.4 Å². The van der Waals surface area contributed by atoms with Crippen LogP contribution in [0.2, 0.25) is 0 Å². The van der Waals surface area contributed by atoms with Gasteiger partial charge in [0.2, 0.25) is 10.0 Å². The fourth-order valence-electron chi connectivity index (χ4n) is 1.99. The smallest absolute Gasteiger partial charge is 0.255 e. The second-order valence-corrected chi connectivity index (χ2v) is 6.96. The molecule has 6 nitrogen and oxygen atoms in total. The van der Waals surface area contributed by atoms with Crippen molar-refractivity contribution in [3.63, 3.8) is 0 Å². The summed E-state index contributed by atoms with van der Waals surface area (Å²) in [5.41, 5.74) is 1.26. The van der Waals surface area contributed by atoms with Gasteiger partial charge in [-0.3, -0.25) is 9.52 Å². The molecule has 2 N–H and O–H groups in total. The van der Waals surface area contributed by atoms with Crippen LogP contribution in [0.5, 0.6) is 5.75 Å². The molecule has 0 saturated carbocycles. The van der Waals surface area contributed by atoms with Gasteiger partial charge < -0.3 is 10.1 Å². The lowest BCUT2D eigenvalue weighted by molar-refractivity contribution is 0.102. The van der Waals surface area contributed by atoms with Gasteiger partial charge in [0.1, 0.15) is 11.6 Å². The van der Waals surface area contributed by atoms with E-state index in [1.54, 1.807) is 6.92 Å². The molecule has 128 valence electrons. The van der Waals surface area contributed by atoms with Gasteiger partial charge in [-0.15, -0.1) is 0 Å². The number of carbonyl (C=O) groups is 1. The van der Waals surface area contributed by atoms with Gasteiger partial charge in [0, 0.05) is 17.3 Å². The Labute approximate surface area is 139 Å². The number of anilines is 2. The molecule has 0 aliphatic rings. The first-order valence-electron chi connectivity index (χ1n) is 6.93. The molecule has 2 rings (SSSR count). The van der Waals surface area contributed by atoms with Gasteiger partial charge in [0.05, 0.1) is 19.1 Å². The highest BCUT2D eigenvalue weighted by Crippen LogP contribution is 2.29. The molecule has 2 aromatic carbocycles. The number of benzene rings is 2. The van der Waals surface area contributed by atoms with Gasteiger partial charge in [-0.1, -0.05) is 6.07 Å². The van der Waals surface area contributed by atoms with E-state index in [1.807, 2.05) is 0 Å². The molecule has 0 aliphatic carbocycles. The van der Waals surface area contributed by atoms with Gasteiger partial charge in [0.25, 0.3) is 5.91 Å². The topological polar surface area (TPSA) is 84.5 Å². The molecular formula is C16H17FN2O4S. The minimum absolute atomic E-state index is 0.176. The summed E-state index contributed by atoms with van der Waals surface area (Å²) in [6, 6.07) is 8.63. The van der Waals surface area contributed by atoms with E-state index in [0.717, 1.165) is 12.3 Å². The summed E-state index contributed by atoms with van der Waals surface area (Å²) in [6.45, 7) is 1.61. The third kappa shape index (κ3) is 4.45. The normalized spacial score (nSPS) is 11.0. The Balaban J connectivity index is 2.23. The van der Waals surface area contributed by atoms with Gasteiger partial charge in [0.15, 0.2) is 0 Å². The van der Waals surface area contributed by atoms with E-state index in [9.17, 15) is 17.6 Å². The molecule has 0 atom stereocenters. The van der Waals surface area contributed by atoms with Crippen LogP contribution in [0.25, 0.3) is 0 Å². The molecule has 0 saturated heterocycles. The number of halogens is 1. The number of amides is 1. The van der Waals surface area contributed by atoms with E-state index in [4.69, 9.17) is 4.74 Å². The first-order chi connectivity index (χ1) is 11.2. The van der Waals surface area contributed by atoms with E-state index >= 15 is 0 Å². The second kappa shape index (κ2) is 6.88. The van der Waals surface area contributed by atoms with Crippen molar-refractivity contribution < 1.29 is 22.3 Å². The number of methoxy groups -OCH3 is 1. The minimum atomic E-state index is -3.46. The standard InChI is InChI=1S/C16H17FN2O4S/c1-10-4-5-11(8-13(10)17)16(20)18-12-6-7-14(15(9-12)23-2)19-24(3,21)22/h4-9,19H,1-3H3,(H,18,20). The lowest BCUT2D eigenvalue weighted by Gasteiger charge is -2.12. The number of aryl methyl sites for hydroxylation is 1. The largest absolute Gasteiger partial charge is 0.494 e. The predicted molar refractivity (Wildman–Crippen MR) is 90.6 cm³/mol. The van der Waals surface area contributed by atoms with Crippen molar-refractivity contribution in [2.45, 2.75) is 6.92 Å². The summed E-state index contributed by atoms with van der Waals surface area (Å²) < 4.78 is 43.6. The van der Waals surface area contributed by atoms with Crippen molar-refractivity contribution in [1.82, 2.24) is 0 Å². The van der Waals surface area contributed by atoms with Gasteiger partial charge in [-0.25, -0.2) is 12.8 Å². The molecule has 0 radical (unpaired) electrons. The quantitative estimate of drug-likeness (QED) is 0.867. The third-order valence-corrected chi connectivity index (χ3v) is 3.78. The van der Waals surface area contributed by atoms with Crippen molar-refractivity contribution in [2.24, 2.45) is 0 Å². The second-order valence-electron chi connectivity index (χ2n) is 5.21. The molecular weight excluding hydrogens is 335 g/mol. The first kappa shape index (κ1) is 17.7. The molecule has 8 heteroatoms. The van der Waals surface area contributed by atoms with Gasteiger partial charge >= 0.3 is 0 Å². The van der Waals surface area contributed by atoms with Gasteiger partial charge in [-0.05, 0) is 36.8 Å². The molecule has 0 aromatic heterocycles. The molecule has 0 bridgehead atoms. The van der Waals surface area contributed by atoms with Crippen molar-refractivity contribution in [3.8, 4) is 5.75 Å². The molecule has 0 heterocycles. The maximum atomic E-state index is 13.5. The SMILES string of the molecule is COc1cc(NC(=O)c2ccc(C)c(F)c2)ccc1NS(C)(=O)=O. The van der Waals surface area contributed by atoms with E-state index in [-0.39, 0.29) is 17.0 Å². The molecule has 0 spiro atoms. The lowest BCUT2D eigenvalue weighted by Crippen LogP contribution is -2.13. The van der Waals surface area contributed by atoms with E-state index < -0.39 is 21.7 Å². The zero-order valence-electron chi connectivity index (χ0n) is 13.4. The van der Waals surface area contributed by atoms with Crippen molar-refractivity contribution in [3.05, 3.63) is 53.3 Å². The summed E-state index contributed by atoms with van der Waals surface area (Å²) in [4.78, 5) is 12.2. The monoisotopic (exact) mass is 352 g/mol. The van der Waals surface area contributed by atoms with E-state index in [2.05, 4.69) is 10.0 Å². The molecule has 0 aliphatic heterocycles. The van der Waals surface area contributed by atoms with Gasteiger partial charge in [-0.2, -0.15) is 0 Å². The number of ether oxygens (including phenoxy) is 1. The maximum absolute atomic E-state index is 13.5. The molecule has 1 amide bonds. The summed E-state index contributed by atoms with van der Waals surface area (Å²) in [6.07, 6.45) is 1.02. The fourth-order valence-corrected chi connectivity index (χ4v) is 2.56. The highest BCUT2D eigenvalue weighted by atomic mass is 32.2. The van der Waals surface area contributed by atoms with Crippen LogP contribution in [0.4, 0.5) is 15.8 Å². The van der Waals surface area contributed by atoms with Crippen LogP contribution in [0, 0.1) is 12.7 Å². The summed E-state index contributed by atoms with van der Waals surface area (Å²) in [7, 11) is -2.08. The summed E-state index contributed by atoms with van der Waals surface area (Å²) >= 11 is 0. The predicted octanol–water partition coefficient (Wildman–Crippen LogP) is 2.77. The highest BCUT2D eigenvalue weighted by Gasteiger charge is 2.12. The number of hydrogen-bond donors (Lipinski definition) is 2. The van der Waals surface area contributed by atoms with Crippen LogP contribution >= 0.6 is 0 Å². The molecule has 2 aromatic rings. The average molecular weight is 352 g/mol. The number of rotatable bonds is 5. The first-order valence-corrected chi connectivity index (χ1v) is 8.82. The maximum Gasteiger partial charge on any atom is 0.255 e. The molecule has 24 heavy (non-hydrogen) atoms. The van der Waals surface area contributed by atoms with Crippen LogP contribution in [0.15, 0.2) is 36.4 Å². The van der Waals surface area contributed by atoms with Crippen LogP contribution in [-0.2, 0) is 10.0 Å². The highest BCUT2D eigenvalue weighted by molar-refractivity contribution is 7.92. The Kier molecular flexibility index (Phi) is 5.08. The lowest BCUT2D eigenvalue weighted by atomic mass is 10.1. The van der Waals surface area contributed by atoms with Crippen molar-refractivity contribution >= 4 is 27.3 Å². The number of sulfonamides is 1. The van der Waals surface area contributed by atoms with E-state index in [1.165, 1.54) is 37.4 Å². The fraction of sp³-hybridized carbons (Fsp3) is 0.188. The summed E-state index contributed by atoms with van der Waals surface area (Å²) in [5, 5.41) is 2.61. The summed E-state index contributed by atoms with van der Waals surface area (Å²) in [5.74, 6) is -0.707. The van der Waals surface area contributed by atoms with Crippen LogP contribution in [0.1, 0.15) is 15.9 Å². The van der Waals surface area contributed by atoms with E-state index in [0.29, 0.717) is 11.3 Å². The number of carbonyl (C=O) groups excluding carboxylic acids is 1. The Hall–Kier alpha value is -2.61. The van der Waals surface area contributed by atoms with Crippen molar-refractivity contribution in [1.29, 1.82) is 0 Å². The Bertz CT molecular complexity index is 882. The number of hydrogen-bond acceptors (Lipinski definition) is 4. The zero-order chi connectivity index (χ0) is 17.9. The third-order valence-electron chi connectivity index (χ3n) is 3.19. The zero-order valence-corrected chi connectivity index (χ0v) is 14.2. The molecule has 0 fully saturated rings. The van der Waals surface area contributed by atoms with Crippen LogP contribution in [0.3, 0.4) is 0 Å². The van der Waals surface area contributed by atoms with Crippen LogP contribution < -0.4 is 14.8 Å². The molecule has 0 unspecified atom stereocenters. The number of nitrogens with one attached hydrogen (secondary N) is 2.